The van der Waals surface area contributed by atoms with Crippen LogP contribution in [0.2, 0.25) is 5.02 Å². The second-order valence-corrected chi connectivity index (χ2v) is 6.53. The fourth-order valence-electron chi connectivity index (χ4n) is 2.34. The summed E-state index contributed by atoms with van der Waals surface area (Å²) < 4.78 is 0. The zero-order chi connectivity index (χ0) is 14.4. The molecule has 1 heterocycles. The molecule has 1 saturated heterocycles. The highest BCUT2D eigenvalue weighted by Crippen LogP contribution is 2.17. The van der Waals surface area contributed by atoms with Crippen molar-refractivity contribution in [1.29, 1.82) is 0 Å². The Morgan fingerprint density at radius 1 is 1.33 bits per heavy atom. The van der Waals surface area contributed by atoms with Crippen LogP contribution in [0.3, 0.4) is 0 Å². The van der Waals surface area contributed by atoms with Crippen LogP contribution in [0.25, 0.3) is 0 Å². The van der Waals surface area contributed by atoms with Crippen LogP contribution in [0, 0.1) is 0 Å². The molecular weight excluding hydrogens is 327 g/mol. The summed E-state index contributed by atoms with van der Waals surface area (Å²) in [4.78, 5) is 14.1. The van der Waals surface area contributed by atoms with Gasteiger partial charge in [0.2, 0.25) is 5.91 Å². The molecule has 2 rings (SSSR count). The Morgan fingerprint density at radius 2 is 1.95 bits per heavy atom. The number of hydrogen-bond acceptors (Lipinski definition) is 3. The number of thioether (sulfide) groups is 1. The number of piperidine rings is 1. The minimum absolute atomic E-state index is 0. The summed E-state index contributed by atoms with van der Waals surface area (Å²) in [6, 6.07) is 8.20. The lowest BCUT2D eigenvalue weighted by molar-refractivity contribution is -0.129. The largest absolute Gasteiger partial charge is 0.342 e. The highest BCUT2D eigenvalue weighted by molar-refractivity contribution is 7.99. The second-order valence-electron chi connectivity index (χ2n) is 5.11. The number of carbonyl (C=O) groups is 1. The van der Waals surface area contributed by atoms with Crippen molar-refractivity contribution in [2.24, 2.45) is 0 Å². The van der Waals surface area contributed by atoms with Gasteiger partial charge < -0.3 is 10.2 Å². The molecule has 1 fully saturated rings. The van der Waals surface area contributed by atoms with E-state index in [1.165, 1.54) is 5.56 Å². The van der Waals surface area contributed by atoms with Crippen LogP contribution in [0.4, 0.5) is 0 Å². The summed E-state index contributed by atoms with van der Waals surface area (Å²) in [5.74, 6) is 1.63. The molecule has 0 atom stereocenters. The SMILES string of the molecule is CN(C(=O)CSCc1ccc(Cl)cc1)C1CCNCC1.Cl. The van der Waals surface area contributed by atoms with Crippen LogP contribution in [-0.4, -0.2) is 42.7 Å². The molecule has 3 nitrogen and oxygen atoms in total. The summed E-state index contributed by atoms with van der Waals surface area (Å²) in [6.45, 7) is 2.03. The van der Waals surface area contributed by atoms with Gasteiger partial charge in [-0.05, 0) is 43.6 Å². The number of benzene rings is 1. The third-order valence-electron chi connectivity index (χ3n) is 3.66. The van der Waals surface area contributed by atoms with E-state index < -0.39 is 0 Å². The second kappa shape index (κ2) is 9.57. The van der Waals surface area contributed by atoms with Crippen molar-refractivity contribution in [3.63, 3.8) is 0 Å². The van der Waals surface area contributed by atoms with Crippen molar-refractivity contribution in [3.05, 3.63) is 34.9 Å². The van der Waals surface area contributed by atoms with E-state index in [2.05, 4.69) is 5.32 Å². The van der Waals surface area contributed by atoms with E-state index >= 15 is 0 Å². The number of rotatable bonds is 5. The van der Waals surface area contributed by atoms with E-state index in [1.54, 1.807) is 11.8 Å². The molecule has 118 valence electrons. The minimum Gasteiger partial charge on any atom is -0.342 e. The average molecular weight is 349 g/mol. The van der Waals surface area contributed by atoms with Gasteiger partial charge in [0.05, 0.1) is 5.75 Å². The standard InChI is InChI=1S/C15H21ClN2OS.ClH/c1-18(14-6-8-17-9-7-14)15(19)11-20-10-12-2-4-13(16)5-3-12;/h2-5,14,17H,6-11H2,1H3;1H. The maximum atomic E-state index is 12.2. The summed E-state index contributed by atoms with van der Waals surface area (Å²) in [6.07, 6.45) is 2.12. The van der Waals surface area contributed by atoms with Crippen LogP contribution in [-0.2, 0) is 10.5 Å². The normalized spacial score (nSPS) is 15.3. The van der Waals surface area contributed by atoms with Crippen LogP contribution in [0.1, 0.15) is 18.4 Å². The summed E-state index contributed by atoms with van der Waals surface area (Å²) in [5.41, 5.74) is 1.21. The van der Waals surface area contributed by atoms with Crippen LogP contribution >= 0.6 is 35.8 Å². The summed E-state index contributed by atoms with van der Waals surface area (Å²) in [7, 11) is 1.93. The molecule has 6 heteroatoms. The van der Waals surface area contributed by atoms with Crippen molar-refractivity contribution in [3.8, 4) is 0 Å². The number of hydrogen-bond donors (Lipinski definition) is 1. The maximum absolute atomic E-state index is 12.2. The molecule has 1 aliphatic rings. The highest BCUT2D eigenvalue weighted by atomic mass is 35.5. The van der Waals surface area contributed by atoms with Crippen molar-refractivity contribution in [1.82, 2.24) is 10.2 Å². The van der Waals surface area contributed by atoms with E-state index in [0.29, 0.717) is 11.8 Å². The Bertz CT molecular complexity index is 436. The van der Waals surface area contributed by atoms with Gasteiger partial charge in [-0.2, -0.15) is 0 Å². The predicted octanol–water partition coefficient (Wildman–Crippen LogP) is 3.21. The van der Waals surface area contributed by atoms with E-state index in [-0.39, 0.29) is 18.3 Å². The van der Waals surface area contributed by atoms with Crippen molar-refractivity contribution in [2.75, 3.05) is 25.9 Å². The smallest absolute Gasteiger partial charge is 0.232 e. The molecule has 0 bridgehead atoms. The molecule has 0 aromatic heterocycles. The van der Waals surface area contributed by atoms with E-state index in [1.807, 2.05) is 36.2 Å². The molecule has 1 N–H and O–H groups in total. The molecule has 0 spiro atoms. The molecular formula is C15H22Cl2N2OS. The molecule has 1 aromatic carbocycles. The Morgan fingerprint density at radius 3 is 2.57 bits per heavy atom. The number of carbonyl (C=O) groups excluding carboxylic acids is 1. The third-order valence-corrected chi connectivity index (χ3v) is 4.90. The van der Waals surface area contributed by atoms with Gasteiger partial charge in [-0.3, -0.25) is 4.79 Å². The average Bonchev–Trinajstić information content (AvgIpc) is 2.49. The zero-order valence-electron chi connectivity index (χ0n) is 12.2. The van der Waals surface area contributed by atoms with E-state index in [4.69, 9.17) is 11.6 Å². The van der Waals surface area contributed by atoms with Crippen molar-refractivity contribution in [2.45, 2.75) is 24.6 Å². The van der Waals surface area contributed by atoms with Gasteiger partial charge in [-0.15, -0.1) is 24.2 Å². The monoisotopic (exact) mass is 348 g/mol. The van der Waals surface area contributed by atoms with Crippen LogP contribution < -0.4 is 5.32 Å². The lowest BCUT2D eigenvalue weighted by atomic mass is 10.1. The molecule has 0 radical (unpaired) electrons. The molecule has 21 heavy (non-hydrogen) atoms. The van der Waals surface area contributed by atoms with Crippen molar-refractivity contribution >= 4 is 41.7 Å². The number of amides is 1. The van der Waals surface area contributed by atoms with Crippen molar-refractivity contribution < 1.29 is 4.79 Å². The first-order chi connectivity index (χ1) is 9.66. The Kier molecular flexibility index (Phi) is 8.49. The minimum atomic E-state index is 0. The Hall–Kier alpha value is -0.420. The maximum Gasteiger partial charge on any atom is 0.232 e. The first-order valence-corrected chi connectivity index (χ1v) is 8.48. The van der Waals surface area contributed by atoms with Crippen LogP contribution in [0.15, 0.2) is 24.3 Å². The van der Waals surface area contributed by atoms with Gasteiger partial charge in [0.1, 0.15) is 0 Å². The fourth-order valence-corrected chi connectivity index (χ4v) is 3.37. The first kappa shape index (κ1) is 18.6. The molecule has 0 aliphatic carbocycles. The zero-order valence-corrected chi connectivity index (χ0v) is 14.6. The number of nitrogens with one attached hydrogen (secondary N) is 1. The third kappa shape index (κ3) is 6.07. The van der Waals surface area contributed by atoms with Gasteiger partial charge in [-0.1, -0.05) is 23.7 Å². The van der Waals surface area contributed by atoms with Gasteiger partial charge in [0.15, 0.2) is 0 Å². The fraction of sp³-hybridized carbons (Fsp3) is 0.533. The van der Waals surface area contributed by atoms with Gasteiger partial charge >= 0.3 is 0 Å². The van der Waals surface area contributed by atoms with Crippen LogP contribution in [0.5, 0.6) is 0 Å². The quantitative estimate of drug-likeness (QED) is 0.886. The molecule has 0 saturated carbocycles. The first-order valence-electron chi connectivity index (χ1n) is 6.95. The Balaban J connectivity index is 0.00000220. The summed E-state index contributed by atoms with van der Waals surface area (Å²) >= 11 is 7.51. The molecule has 1 amide bonds. The van der Waals surface area contributed by atoms with Gasteiger partial charge in [-0.25, -0.2) is 0 Å². The number of nitrogens with zero attached hydrogens (tertiary/aromatic N) is 1. The topological polar surface area (TPSA) is 32.3 Å². The predicted molar refractivity (Wildman–Crippen MR) is 93.5 cm³/mol. The molecule has 0 unspecified atom stereocenters. The number of halogens is 2. The van der Waals surface area contributed by atoms with E-state index in [0.717, 1.165) is 36.7 Å². The lowest BCUT2D eigenvalue weighted by Gasteiger charge is -2.31. The molecule has 1 aromatic rings. The lowest BCUT2D eigenvalue weighted by Crippen LogP contribution is -2.44. The van der Waals surface area contributed by atoms with Gasteiger partial charge in [0.25, 0.3) is 0 Å². The Labute approximate surface area is 142 Å². The highest BCUT2D eigenvalue weighted by Gasteiger charge is 2.21. The molecule has 1 aliphatic heterocycles. The van der Waals surface area contributed by atoms with E-state index in [9.17, 15) is 4.79 Å². The van der Waals surface area contributed by atoms with Gasteiger partial charge in [0, 0.05) is 23.9 Å². The summed E-state index contributed by atoms with van der Waals surface area (Å²) in [5, 5.41) is 4.07.